The van der Waals surface area contributed by atoms with Crippen molar-refractivity contribution in [2.45, 2.75) is 37.6 Å². The molecule has 1 aromatic rings. The van der Waals surface area contributed by atoms with Crippen LogP contribution in [0.1, 0.15) is 36.3 Å². The minimum atomic E-state index is 0. The van der Waals surface area contributed by atoms with E-state index in [1.54, 1.807) is 0 Å². The number of nitrogens with one attached hydrogen (secondary N) is 1. The van der Waals surface area contributed by atoms with Crippen molar-refractivity contribution in [3.05, 3.63) is 35.4 Å². The van der Waals surface area contributed by atoms with Crippen molar-refractivity contribution in [1.82, 2.24) is 10.2 Å². The summed E-state index contributed by atoms with van der Waals surface area (Å²) in [5.41, 5.74) is 2.63. The zero-order valence-electron chi connectivity index (χ0n) is 12.0. The van der Waals surface area contributed by atoms with Crippen molar-refractivity contribution in [2.24, 2.45) is 0 Å². The average Bonchev–Trinajstić information content (AvgIpc) is 2.99. The highest BCUT2D eigenvalue weighted by molar-refractivity contribution is 5.85. The Morgan fingerprint density at radius 2 is 2.10 bits per heavy atom. The molecule has 0 spiro atoms. The highest BCUT2D eigenvalue weighted by Crippen LogP contribution is 2.33. The van der Waals surface area contributed by atoms with Crippen LogP contribution < -0.4 is 5.32 Å². The van der Waals surface area contributed by atoms with E-state index in [0.717, 1.165) is 38.8 Å². The third-order valence-electron chi connectivity index (χ3n) is 4.60. The van der Waals surface area contributed by atoms with Gasteiger partial charge in [-0.3, -0.25) is 4.79 Å². The number of rotatable bonds is 2. The number of benzene rings is 1. The molecule has 4 heteroatoms. The molecule has 1 saturated heterocycles. The summed E-state index contributed by atoms with van der Waals surface area (Å²) >= 11 is 0. The summed E-state index contributed by atoms with van der Waals surface area (Å²) in [7, 11) is 1.97. The molecule has 110 valence electrons. The monoisotopic (exact) mass is 294 g/mol. The van der Waals surface area contributed by atoms with Crippen LogP contribution in [0.3, 0.4) is 0 Å². The first-order valence-corrected chi connectivity index (χ1v) is 7.32. The topological polar surface area (TPSA) is 32.3 Å². The summed E-state index contributed by atoms with van der Waals surface area (Å²) in [6, 6.07) is 8.82. The molecule has 2 unspecified atom stereocenters. The average molecular weight is 295 g/mol. The number of likely N-dealkylation sites (N-methyl/N-ethyl adjacent to an activating group) is 1. The molecule has 0 bridgehead atoms. The third kappa shape index (κ3) is 2.84. The number of halogens is 1. The maximum atomic E-state index is 12.7. The molecular formula is C16H23ClN2O. The second kappa shape index (κ2) is 6.59. The highest BCUT2D eigenvalue weighted by Gasteiger charge is 2.32. The Hall–Kier alpha value is -1.06. The highest BCUT2D eigenvalue weighted by atomic mass is 35.5. The lowest BCUT2D eigenvalue weighted by Gasteiger charge is -2.31. The van der Waals surface area contributed by atoms with E-state index in [1.807, 2.05) is 11.9 Å². The SMILES string of the molecule is CN(C(=O)C1CCCc2ccccc21)C1CCNC1.Cl. The van der Waals surface area contributed by atoms with E-state index in [2.05, 4.69) is 29.6 Å². The Morgan fingerprint density at radius 1 is 1.30 bits per heavy atom. The molecule has 1 N–H and O–H groups in total. The van der Waals surface area contributed by atoms with Crippen LogP contribution in [0.5, 0.6) is 0 Å². The van der Waals surface area contributed by atoms with Crippen LogP contribution in [0.4, 0.5) is 0 Å². The second-order valence-corrected chi connectivity index (χ2v) is 5.74. The normalized spacial score (nSPS) is 24.6. The van der Waals surface area contributed by atoms with Crippen molar-refractivity contribution < 1.29 is 4.79 Å². The smallest absolute Gasteiger partial charge is 0.230 e. The van der Waals surface area contributed by atoms with Gasteiger partial charge >= 0.3 is 0 Å². The van der Waals surface area contributed by atoms with Crippen molar-refractivity contribution in [3.8, 4) is 0 Å². The lowest BCUT2D eigenvalue weighted by Crippen LogP contribution is -2.41. The predicted octanol–water partition coefficient (Wildman–Crippen LogP) is 2.35. The number of aryl methyl sites for hydroxylation is 1. The molecular weight excluding hydrogens is 272 g/mol. The zero-order valence-corrected chi connectivity index (χ0v) is 12.8. The fourth-order valence-electron chi connectivity index (χ4n) is 3.41. The number of carbonyl (C=O) groups is 1. The van der Waals surface area contributed by atoms with Gasteiger partial charge in [0.15, 0.2) is 0 Å². The molecule has 1 amide bonds. The van der Waals surface area contributed by atoms with Crippen molar-refractivity contribution in [1.29, 1.82) is 0 Å². The van der Waals surface area contributed by atoms with Gasteiger partial charge in [-0.25, -0.2) is 0 Å². The van der Waals surface area contributed by atoms with Gasteiger partial charge in [-0.1, -0.05) is 24.3 Å². The number of hydrogen-bond donors (Lipinski definition) is 1. The molecule has 20 heavy (non-hydrogen) atoms. The van der Waals surface area contributed by atoms with E-state index in [-0.39, 0.29) is 18.3 Å². The lowest BCUT2D eigenvalue weighted by molar-refractivity contribution is -0.133. The number of amides is 1. The van der Waals surface area contributed by atoms with Crippen LogP contribution >= 0.6 is 12.4 Å². The maximum absolute atomic E-state index is 12.7. The van der Waals surface area contributed by atoms with Gasteiger partial charge in [-0.05, 0) is 43.4 Å². The van der Waals surface area contributed by atoms with Crippen LogP contribution in [0.15, 0.2) is 24.3 Å². The van der Waals surface area contributed by atoms with Crippen molar-refractivity contribution >= 4 is 18.3 Å². The fourth-order valence-corrected chi connectivity index (χ4v) is 3.41. The first-order chi connectivity index (χ1) is 9.27. The molecule has 0 saturated carbocycles. The standard InChI is InChI=1S/C16H22N2O.ClH/c1-18(13-9-10-17-11-13)16(19)15-8-4-6-12-5-2-3-7-14(12)15;/h2-3,5,7,13,15,17H,4,6,8-11H2,1H3;1H. The number of nitrogens with zero attached hydrogens (tertiary/aromatic N) is 1. The zero-order chi connectivity index (χ0) is 13.2. The Morgan fingerprint density at radius 3 is 2.85 bits per heavy atom. The van der Waals surface area contributed by atoms with Gasteiger partial charge in [0.2, 0.25) is 5.91 Å². The Bertz CT molecular complexity index is 471. The van der Waals surface area contributed by atoms with Crippen LogP contribution in [0, 0.1) is 0 Å². The second-order valence-electron chi connectivity index (χ2n) is 5.74. The third-order valence-corrected chi connectivity index (χ3v) is 4.60. The van der Waals surface area contributed by atoms with Gasteiger partial charge in [0.25, 0.3) is 0 Å². The van der Waals surface area contributed by atoms with Crippen LogP contribution in [0.2, 0.25) is 0 Å². The fraction of sp³-hybridized carbons (Fsp3) is 0.562. The first-order valence-electron chi connectivity index (χ1n) is 7.32. The summed E-state index contributed by atoms with van der Waals surface area (Å²) in [6.45, 7) is 1.97. The molecule has 1 aromatic carbocycles. The minimum Gasteiger partial charge on any atom is -0.341 e. The van der Waals surface area contributed by atoms with Gasteiger partial charge in [-0.2, -0.15) is 0 Å². The predicted molar refractivity (Wildman–Crippen MR) is 83.4 cm³/mol. The Balaban J connectivity index is 0.00000147. The van der Waals surface area contributed by atoms with Crippen molar-refractivity contribution in [2.75, 3.05) is 20.1 Å². The summed E-state index contributed by atoms with van der Waals surface area (Å²) in [4.78, 5) is 14.7. The van der Waals surface area contributed by atoms with E-state index in [4.69, 9.17) is 0 Å². The van der Waals surface area contributed by atoms with E-state index in [9.17, 15) is 4.79 Å². The summed E-state index contributed by atoms with van der Waals surface area (Å²) in [5, 5.41) is 3.34. The minimum absolute atomic E-state index is 0. The molecule has 3 rings (SSSR count). The van der Waals surface area contributed by atoms with Crippen LogP contribution in [-0.4, -0.2) is 37.0 Å². The lowest BCUT2D eigenvalue weighted by atomic mass is 9.82. The summed E-state index contributed by atoms with van der Waals surface area (Å²) in [5.74, 6) is 0.386. The number of hydrogen-bond acceptors (Lipinski definition) is 2. The van der Waals surface area contributed by atoms with Gasteiger partial charge in [0.05, 0.1) is 5.92 Å². The van der Waals surface area contributed by atoms with E-state index < -0.39 is 0 Å². The largest absolute Gasteiger partial charge is 0.341 e. The molecule has 0 aromatic heterocycles. The van der Waals surface area contributed by atoms with Crippen LogP contribution in [0.25, 0.3) is 0 Å². The summed E-state index contributed by atoms with van der Waals surface area (Å²) in [6.07, 6.45) is 4.33. The number of carbonyl (C=O) groups excluding carboxylic acids is 1. The van der Waals surface area contributed by atoms with E-state index in [1.165, 1.54) is 11.1 Å². The molecule has 1 aliphatic carbocycles. The van der Waals surface area contributed by atoms with Gasteiger partial charge in [0.1, 0.15) is 0 Å². The quantitative estimate of drug-likeness (QED) is 0.908. The van der Waals surface area contributed by atoms with Gasteiger partial charge in [0, 0.05) is 19.6 Å². The first kappa shape index (κ1) is 15.3. The Labute approximate surface area is 127 Å². The Kier molecular flexibility index (Phi) is 5.06. The van der Waals surface area contributed by atoms with E-state index in [0.29, 0.717) is 11.9 Å². The molecule has 1 heterocycles. The molecule has 2 aliphatic rings. The van der Waals surface area contributed by atoms with Gasteiger partial charge < -0.3 is 10.2 Å². The number of fused-ring (bicyclic) bond motifs is 1. The molecule has 2 atom stereocenters. The molecule has 1 aliphatic heterocycles. The van der Waals surface area contributed by atoms with E-state index >= 15 is 0 Å². The van der Waals surface area contributed by atoms with Gasteiger partial charge in [-0.15, -0.1) is 12.4 Å². The molecule has 3 nitrogen and oxygen atoms in total. The maximum Gasteiger partial charge on any atom is 0.230 e. The molecule has 0 radical (unpaired) electrons. The molecule has 1 fully saturated rings. The van der Waals surface area contributed by atoms with Crippen molar-refractivity contribution in [3.63, 3.8) is 0 Å². The van der Waals surface area contributed by atoms with Crippen LogP contribution in [-0.2, 0) is 11.2 Å². The summed E-state index contributed by atoms with van der Waals surface area (Å²) < 4.78 is 0.